The third-order valence-corrected chi connectivity index (χ3v) is 1.48. The van der Waals surface area contributed by atoms with Gasteiger partial charge in [-0.1, -0.05) is 0 Å². The van der Waals surface area contributed by atoms with Crippen LogP contribution in [-0.4, -0.2) is 0 Å². The summed E-state index contributed by atoms with van der Waals surface area (Å²) in [4.78, 5) is 0. The molecule has 1 heterocycles. The molecular weight excluding hydrogens is 145 g/mol. The zero-order chi connectivity index (χ0) is 5.28. The first kappa shape index (κ1) is 9.01. The van der Waals surface area contributed by atoms with Gasteiger partial charge >= 0.3 is 51.4 Å². The van der Waals surface area contributed by atoms with Crippen LogP contribution in [0.5, 0.6) is 0 Å². The zero-order valence-corrected chi connectivity index (χ0v) is 8.79. The van der Waals surface area contributed by atoms with Crippen molar-refractivity contribution in [3.05, 3.63) is 23.9 Å². The molecule has 1 aromatic rings. The molecule has 0 aliphatic rings. The summed E-state index contributed by atoms with van der Waals surface area (Å²) < 4.78 is 0. The second-order valence-corrected chi connectivity index (χ2v) is 2.30. The first-order chi connectivity index (χ1) is 3.29. The molecule has 0 bridgehead atoms. The minimum atomic E-state index is 0. The fraction of sp³-hybridized carbons (Fsp3) is 0. The fourth-order valence-corrected chi connectivity index (χ4v) is 0.969. The van der Waals surface area contributed by atoms with Crippen molar-refractivity contribution >= 4 is 16.3 Å². The van der Waals surface area contributed by atoms with Crippen LogP contribution in [0.3, 0.4) is 0 Å². The molecule has 0 saturated heterocycles. The number of nitrogens with two attached hydrogens (primary N) is 1. The van der Waals surface area contributed by atoms with Crippen LogP contribution in [0.4, 0.5) is 5.00 Å². The number of thiophene rings is 1. The van der Waals surface area contributed by atoms with Gasteiger partial charge in [-0.05, 0) is 0 Å². The Bertz CT molecular complexity index is 145. The Kier molecular flexibility index (Phi) is 4.42. The molecule has 0 amide bonds. The summed E-state index contributed by atoms with van der Waals surface area (Å²) in [5.74, 6) is 0. The molecule has 0 aliphatic heterocycles. The van der Waals surface area contributed by atoms with E-state index in [0.29, 0.717) is 0 Å². The maximum absolute atomic E-state index is 5.36. The quantitative estimate of drug-likeness (QED) is 0.355. The average Bonchev–Trinajstić information content (AvgIpc) is 1.87. The number of hydrogen-bond acceptors (Lipinski definition) is 2. The van der Waals surface area contributed by atoms with Crippen LogP contribution in [0, 0.1) is 6.92 Å². The first-order valence-corrected chi connectivity index (χ1v) is 2.83. The zero-order valence-electron chi connectivity index (χ0n) is 4.85. The smallest absolute Gasteiger partial charge is 0.401 e. The Morgan fingerprint density at radius 2 is 2.25 bits per heavy atom. The molecule has 3 heteroatoms. The van der Waals surface area contributed by atoms with Gasteiger partial charge in [0.1, 0.15) is 0 Å². The maximum Gasteiger partial charge on any atom is 1.00 e. The van der Waals surface area contributed by atoms with Gasteiger partial charge in [-0.25, -0.2) is 11.3 Å². The van der Waals surface area contributed by atoms with Gasteiger partial charge in [-0.2, -0.15) is 12.5 Å². The Labute approximate surface area is 95.7 Å². The van der Waals surface area contributed by atoms with E-state index in [1.165, 1.54) is 11.3 Å². The molecule has 1 nitrogen and oxygen atoms in total. The summed E-state index contributed by atoms with van der Waals surface area (Å²) in [6, 6.07) is 1.85. The van der Waals surface area contributed by atoms with E-state index in [4.69, 9.17) is 5.73 Å². The predicted octanol–water partition coefficient (Wildman–Crippen LogP) is -1.48. The van der Waals surface area contributed by atoms with Crippen molar-refractivity contribution in [1.82, 2.24) is 0 Å². The molecule has 38 valence electrons. The van der Waals surface area contributed by atoms with E-state index in [2.05, 4.69) is 6.92 Å². The SMILES string of the molecule is [CH2-]c1csc(N)c1.[K+]. The molecule has 8 heavy (non-hydrogen) atoms. The maximum atomic E-state index is 5.36. The largest absolute Gasteiger partial charge is 1.00 e. The van der Waals surface area contributed by atoms with Crippen LogP contribution in [0.2, 0.25) is 0 Å². The van der Waals surface area contributed by atoms with Crippen LogP contribution in [0.15, 0.2) is 11.4 Å². The predicted molar refractivity (Wildman–Crippen MR) is 33.2 cm³/mol. The summed E-state index contributed by atoms with van der Waals surface area (Å²) in [5.41, 5.74) is 6.36. The summed E-state index contributed by atoms with van der Waals surface area (Å²) in [6.45, 7) is 3.67. The first-order valence-electron chi connectivity index (χ1n) is 1.95. The third-order valence-electron chi connectivity index (χ3n) is 0.674. The van der Waals surface area contributed by atoms with Gasteiger partial charge in [-0.15, -0.1) is 11.4 Å². The summed E-state index contributed by atoms with van der Waals surface area (Å²) in [5, 5.41) is 2.76. The average molecular weight is 151 g/mol. The molecule has 0 spiro atoms. The molecular formula is C5H6KNS. The van der Waals surface area contributed by atoms with Crippen molar-refractivity contribution in [1.29, 1.82) is 0 Å². The monoisotopic (exact) mass is 151 g/mol. The Balaban J connectivity index is 0.000000490. The molecule has 0 saturated carbocycles. The van der Waals surface area contributed by atoms with E-state index >= 15 is 0 Å². The molecule has 0 atom stereocenters. The van der Waals surface area contributed by atoms with Crippen LogP contribution in [0.25, 0.3) is 0 Å². The van der Waals surface area contributed by atoms with Crippen LogP contribution >= 0.6 is 11.3 Å². The number of anilines is 1. The molecule has 0 unspecified atom stereocenters. The van der Waals surface area contributed by atoms with E-state index in [9.17, 15) is 0 Å². The van der Waals surface area contributed by atoms with Crippen molar-refractivity contribution in [3.8, 4) is 0 Å². The molecule has 0 fully saturated rings. The topological polar surface area (TPSA) is 26.0 Å². The van der Waals surface area contributed by atoms with Crippen molar-refractivity contribution in [2.45, 2.75) is 0 Å². The number of nitrogen functional groups attached to an aromatic ring is 1. The van der Waals surface area contributed by atoms with E-state index in [0.717, 1.165) is 10.6 Å². The Morgan fingerprint density at radius 3 is 2.38 bits per heavy atom. The minimum Gasteiger partial charge on any atom is -0.401 e. The van der Waals surface area contributed by atoms with Crippen LogP contribution < -0.4 is 57.1 Å². The van der Waals surface area contributed by atoms with Gasteiger partial charge < -0.3 is 5.73 Å². The Morgan fingerprint density at radius 1 is 1.62 bits per heavy atom. The number of rotatable bonds is 0. The molecule has 0 radical (unpaired) electrons. The van der Waals surface area contributed by atoms with E-state index < -0.39 is 0 Å². The van der Waals surface area contributed by atoms with E-state index in [1.54, 1.807) is 0 Å². The standard InChI is InChI=1S/C5H6NS.K/c1-4-2-5(6)7-3-4;/h2-3H,1,6H2;/q-1;+1. The number of hydrogen-bond donors (Lipinski definition) is 1. The van der Waals surface area contributed by atoms with E-state index in [-0.39, 0.29) is 51.4 Å². The van der Waals surface area contributed by atoms with Gasteiger partial charge in [-0.3, -0.25) is 0 Å². The summed E-state index contributed by atoms with van der Waals surface area (Å²) in [7, 11) is 0. The van der Waals surface area contributed by atoms with Crippen molar-refractivity contribution in [3.63, 3.8) is 0 Å². The van der Waals surface area contributed by atoms with Gasteiger partial charge in [0.05, 0.1) is 0 Å². The minimum absolute atomic E-state index is 0. The Hall–Kier alpha value is 1.01. The fourth-order valence-electron chi connectivity index (χ4n) is 0.394. The van der Waals surface area contributed by atoms with Crippen LogP contribution in [-0.2, 0) is 0 Å². The van der Waals surface area contributed by atoms with Crippen molar-refractivity contribution in [2.75, 3.05) is 5.73 Å². The molecule has 2 N–H and O–H groups in total. The van der Waals surface area contributed by atoms with E-state index in [1.807, 2.05) is 11.4 Å². The molecule has 1 rings (SSSR count). The van der Waals surface area contributed by atoms with Crippen molar-refractivity contribution in [2.24, 2.45) is 0 Å². The van der Waals surface area contributed by atoms with Gasteiger partial charge in [0.15, 0.2) is 0 Å². The summed E-state index contributed by atoms with van der Waals surface area (Å²) >= 11 is 1.52. The van der Waals surface area contributed by atoms with Crippen molar-refractivity contribution < 1.29 is 51.4 Å². The molecule has 0 aliphatic carbocycles. The second-order valence-electron chi connectivity index (χ2n) is 1.36. The summed E-state index contributed by atoms with van der Waals surface area (Å²) in [6.07, 6.45) is 0. The molecule has 0 aromatic carbocycles. The van der Waals surface area contributed by atoms with Crippen LogP contribution in [0.1, 0.15) is 5.56 Å². The second kappa shape index (κ2) is 3.93. The third kappa shape index (κ3) is 2.52. The van der Waals surface area contributed by atoms with Gasteiger partial charge in [0, 0.05) is 5.00 Å². The van der Waals surface area contributed by atoms with Gasteiger partial charge in [0.25, 0.3) is 0 Å². The van der Waals surface area contributed by atoms with Gasteiger partial charge in [0.2, 0.25) is 0 Å². The normalized spacial score (nSPS) is 8.00. The molecule has 1 aromatic heterocycles.